The molecule has 2 aromatic rings. The lowest BCUT2D eigenvalue weighted by Gasteiger charge is -2.21. The summed E-state index contributed by atoms with van der Waals surface area (Å²) in [5.41, 5.74) is 1.48. The van der Waals surface area contributed by atoms with Gasteiger partial charge >= 0.3 is 12.1 Å². The van der Waals surface area contributed by atoms with Gasteiger partial charge in [0.2, 0.25) is 0 Å². The first-order valence-corrected chi connectivity index (χ1v) is 9.02. The van der Waals surface area contributed by atoms with Crippen LogP contribution in [-0.2, 0) is 14.3 Å². The number of rotatable bonds is 4. The van der Waals surface area contributed by atoms with Gasteiger partial charge in [-0.3, -0.25) is 5.32 Å². The minimum Gasteiger partial charge on any atom is -0.464 e. The highest BCUT2D eigenvalue weighted by molar-refractivity contribution is 6.03. The molecule has 0 aliphatic carbocycles. The van der Waals surface area contributed by atoms with Crippen LogP contribution in [0.5, 0.6) is 0 Å². The molecule has 152 valence electrons. The van der Waals surface area contributed by atoms with E-state index in [2.05, 4.69) is 5.32 Å². The van der Waals surface area contributed by atoms with Crippen LogP contribution in [0.2, 0.25) is 0 Å². The molecule has 30 heavy (non-hydrogen) atoms. The van der Waals surface area contributed by atoms with Crippen molar-refractivity contribution >= 4 is 17.6 Å². The molecule has 0 saturated heterocycles. The number of nitrogens with zero attached hydrogens (tertiary/aromatic N) is 2. The normalized spacial score (nSPS) is 10.2. The van der Waals surface area contributed by atoms with Gasteiger partial charge in [0.05, 0.1) is 30.4 Å². The van der Waals surface area contributed by atoms with Crippen molar-refractivity contribution in [1.29, 1.82) is 10.5 Å². The number of esters is 1. The lowest BCUT2D eigenvalue weighted by molar-refractivity contribution is -0.136. The van der Waals surface area contributed by atoms with E-state index >= 15 is 0 Å². The smallest absolute Gasteiger partial charge is 0.412 e. The molecule has 1 N–H and O–H groups in total. The van der Waals surface area contributed by atoms with Gasteiger partial charge in [-0.1, -0.05) is 24.3 Å². The number of benzene rings is 2. The zero-order chi connectivity index (χ0) is 22.3. The summed E-state index contributed by atoms with van der Waals surface area (Å²) < 4.78 is 10.2. The van der Waals surface area contributed by atoms with Crippen LogP contribution < -0.4 is 5.32 Å². The molecule has 0 spiro atoms. The Morgan fingerprint density at radius 1 is 0.867 bits per heavy atom. The van der Waals surface area contributed by atoms with Gasteiger partial charge < -0.3 is 9.47 Å². The van der Waals surface area contributed by atoms with Crippen LogP contribution in [0.3, 0.4) is 0 Å². The fourth-order valence-corrected chi connectivity index (χ4v) is 2.60. The standard InChI is InChI=1S/C23H21N3O4/c1-23(2,3)30-22(28)26-20(21(27)29-4)19(17-9-5-15(13-24)6-10-17)18-11-7-16(14-25)8-12-18/h5-12H,1-4H3,(H,26,28). The van der Waals surface area contributed by atoms with Gasteiger partial charge in [-0.25, -0.2) is 9.59 Å². The van der Waals surface area contributed by atoms with Gasteiger partial charge in [0, 0.05) is 5.57 Å². The van der Waals surface area contributed by atoms with E-state index in [1.807, 2.05) is 12.1 Å². The SMILES string of the molecule is COC(=O)C(NC(=O)OC(C)(C)C)=C(c1ccc(C#N)cc1)c1ccc(C#N)cc1. The first kappa shape index (κ1) is 22.2. The van der Waals surface area contributed by atoms with Crippen molar-refractivity contribution in [2.75, 3.05) is 7.11 Å². The summed E-state index contributed by atoms with van der Waals surface area (Å²) >= 11 is 0. The van der Waals surface area contributed by atoms with Crippen LogP contribution in [0.25, 0.3) is 5.57 Å². The Hall–Kier alpha value is -4.10. The average Bonchev–Trinajstić information content (AvgIpc) is 2.72. The summed E-state index contributed by atoms with van der Waals surface area (Å²) in [6.45, 7) is 5.11. The first-order valence-electron chi connectivity index (χ1n) is 9.02. The predicted molar refractivity (Wildman–Crippen MR) is 110 cm³/mol. The molecule has 1 amide bonds. The van der Waals surface area contributed by atoms with Gasteiger partial charge in [0.15, 0.2) is 0 Å². The summed E-state index contributed by atoms with van der Waals surface area (Å²) in [5.74, 6) is -0.774. The van der Waals surface area contributed by atoms with E-state index in [9.17, 15) is 9.59 Å². The fourth-order valence-electron chi connectivity index (χ4n) is 2.60. The largest absolute Gasteiger partial charge is 0.464 e. The quantitative estimate of drug-likeness (QED) is 0.612. The second-order valence-electron chi connectivity index (χ2n) is 7.25. The van der Waals surface area contributed by atoms with Crippen LogP contribution in [0.4, 0.5) is 4.79 Å². The molecule has 0 radical (unpaired) electrons. The number of nitriles is 2. The van der Waals surface area contributed by atoms with Crippen LogP contribution in [0, 0.1) is 22.7 Å². The lowest BCUT2D eigenvalue weighted by atomic mass is 9.94. The summed E-state index contributed by atoms with van der Waals surface area (Å²) in [6, 6.07) is 17.1. The van der Waals surface area contributed by atoms with Gasteiger partial charge in [-0.05, 0) is 56.2 Å². The highest BCUT2D eigenvalue weighted by Crippen LogP contribution is 2.28. The average molecular weight is 403 g/mol. The third-order valence-corrected chi connectivity index (χ3v) is 3.87. The summed E-state index contributed by atoms with van der Waals surface area (Å²) in [6.07, 6.45) is -0.817. The number of hydrogen-bond donors (Lipinski definition) is 1. The van der Waals surface area contributed by atoms with Crippen molar-refractivity contribution in [1.82, 2.24) is 5.32 Å². The second kappa shape index (κ2) is 9.40. The molecule has 0 bridgehead atoms. The number of carbonyl (C=O) groups excluding carboxylic acids is 2. The zero-order valence-electron chi connectivity index (χ0n) is 17.1. The van der Waals surface area contributed by atoms with E-state index in [-0.39, 0.29) is 5.70 Å². The van der Waals surface area contributed by atoms with E-state index < -0.39 is 17.7 Å². The maximum Gasteiger partial charge on any atom is 0.412 e. The fraction of sp³-hybridized carbons (Fsp3) is 0.217. The number of amides is 1. The molecule has 0 atom stereocenters. The molecule has 0 aliphatic rings. The Bertz CT molecular complexity index is 989. The van der Waals surface area contributed by atoms with Gasteiger partial charge in [-0.2, -0.15) is 10.5 Å². The van der Waals surface area contributed by atoms with Crippen molar-refractivity contribution in [2.24, 2.45) is 0 Å². The molecular weight excluding hydrogens is 382 g/mol. The van der Waals surface area contributed by atoms with Crippen molar-refractivity contribution < 1.29 is 19.1 Å². The summed E-state index contributed by atoms with van der Waals surface area (Å²) in [4.78, 5) is 25.0. The molecule has 0 fully saturated rings. The van der Waals surface area contributed by atoms with Crippen molar-refractivity contribution in [2.45, 2.75) is 26.4 Å². The van der Waals surface area contributed by atoms with Crippen LogP contribution >= 0.6 is 0 Å². The molecule has 0 saturated carbocycles. The maximum atomic E-state index is 12.6. The van der Waals surface area contributed by atoms with Gasteiger partial charge in [-0.15, -0.1) is 0 Å². The van der Waals surface area contributed by atoms with E-state index in [4.69, 9.17) is 20.0 Å². The molecule has 7 heteroatoms. The molecule has 0 aromatic heterocycles. The molecule has 0 heterocycles. The van der Waals surface area contributed by atoms with Crippen molar-refractivity contribution in [3.63, 3.8) is 0 Å². The Morgan fingerprint density at radius 3 is 1.63 bits per heavy atom. The molecular formula is C23H21N3O4. The molecule has 7 nitrogen and oxygen atoms in total. The topological polar surface area (TPSA) is 112 Å². The number of carbonyl (C=O) groups is 2. The van der Waals surface area contributed by atoms with Gasteiger partial charge in [0.1, 0.15) is 11.3 Å². The predicted octanol–water partition coefficient (Wildman–Crippen LogP) is 3.89. The Labute approximate surface area is 175 Å². The zero-order valence-corrected chi connectivity index (χ0v) is 17.1. The summed E-state index contributed by atoms with van der Waals surface area (Å²) in [5, 5.41) is 20.6. The monoisotopic (exact) mass is 403 g/mol. The third-order valence-electron chi connectivity index (χ3n) is 3.87. The van der Waals surface area contributed by atoms with E-state index in [1.165, 1.54) is 7.11 Å². The Kier molecular flexibility index (Phi) is 6.95. The Balaban J connectivity index is 2.69. The third kappa shape index (κ3) is 5.70. The van der Waals surface area contributed by atoms with Crippen LogP contribution in [0.15, 0.2) is 54.2 Å². The van der Waals surface area contributed by atoms with Crippen molar-refractivity contribution in [3.8, 4) is 12.1 Å². The summed E-state index contributed by atoms with van der Waals surface area (Å²) in [7, 11) is 1.20. The van der Waals surface area contributed by atoms with E-state index in [0.29, 0.717) is 27.8 Å². The van der Waals surface area contributed by atoms with Crippen molar-refractivity contribution in [3.05, 3.63) is 76.5 Å². The number of nitrogens with one attached hydrogen (secondary N) is 1. The van der Waals surface area contributed by atoms with E-state index in [1.54, 1.807) is 69.3 Å². The molecule has 2 rings (SSSR count). The number of hydrogen-bond acceptors (Lipinski definition) is 6. The highest BCUT2D eigenvalue weighted by atomic mass is 16.6. The van der Waals surface area contributed by atoms with E-state index in [0.717, 1.165) is 0 Å². The first-order chi connectivity index (χ1) is 14.2. The molecule has 0 unspecified atom stereocenters. The van der Waals surface area contributed by atoms with Gasteiger partial charge in [0.25, 0.3) is 0 Å². The van der Waals surface area contributed by atoms with Crippen LogP contribution in [-0.4, -0.2) is 24.8 Å². The second-order valence-corrected chi connectivity index (χ2v) is 7.25. The molecule has 0 aliphatic heterocycles. The number of alkyl carbamates (subject to hydrolysis) is 1. The molecule has 2 aromatic carbocycles. The number of ether oxygens (including phenoxy) is 2. The number of methoxy groups -OCH3 is 1. The maximum absolute atomic E-state index is 12.6. The highest BCUT2D eigenvalue weighted by Gasteiger charge is 2.24. The van der Waals surface area contributed by atoms with Crippen LogP contribution in [0.1, 0.15) is 43.0 Å². The lowest BCUT2D eigenvalue weighted by Crippen LogP contribution is -2.35. The minimum absolute atomic E-state index is 0.124. The minimum atomic E-state index is -0.817. The Morgan fingerprint density at radius 2 is 1.30 bits per heavy atom.